The zero-order valence-electron chi connectivity index (χ0n) is 21.0. The highest BCUT2D eigenvalue weighted by atomic mass is 16.6. The molecule has 0 radical (unpaired) electrons. The van der Waals surface area contributed by atoms with Crippen LogP contribution in [-0.4, -0.2) is 93.3 Å². The van der Waals surface area contributed by atoms with Crippen LogP contribution >= 0.6 is 0 Å². The van der Waals surface area contributed by atoms with E-state index < -0.39 is 24.5 Å². The first kappa shape index (κ1) is 24.8. The SMILES string of the molecule is C[C@H]1CC(n2cnc3c(NCCNC[C@H]4O[C@@H](n5cnc6c(N)ncnc65)C(O)[C@H]4O)ncnc32)O[C@@H]1C. The molecule has 0 amide bonds. The van der Waals surface area contributed by atoms with Gasteiger partial charge in [-0.15, -0.1) is 0 Å². The molecule has 6 rings (SSSR count). The van der Waals surface area contributed by atoms with E-state index in [0.717, 1.165) is 12.1 Å². The summed E-state index contributed by atoms with van der Waals surface area (Å²) in [5.74, 6) is 1.33. The topological polar surface area (TPSA) is 196 Å². The Morgan fingerprint density at radius 3 is 2.45 bits per heavy atom. The number of nitrogens with one attached hydrogen (secondary N) is 2. The number of nitrogen functional groups attached to an aromatic ring is 1. The first-order valence-electron chi connectivity index (χ1n) is 12.6. The number of anilines is 2. The second kappa shape index (κ2) is 9.99. The van der Waals surface area contributed by atoms with E-state index in [2.05, 4.69) is 54.4 Å². The zero-order chi connectivity index (χ0) is 26.4. The highest BCUT2D eigenvalue weighted by Gasteiger charge is 2.44. The van der Waals surface area contributed by atoms with Gasteiger partial charge < -0.3 is 36.1 Å². The summed E-state index contributed by atoms with van der Waals surface area (Å²) in [5, 5.41) is 27.7. The van der Waals surface area contributed by atoms with E-state index in [1.54, 1.807) is 10.9 Å². The minimum Gasteiger partial charge on any atom is -0.387 e. The predicted molar refractivity (Wildman–Crippen MR) is 136 cm³/mol. The van der Waals surface area contributed by atoms with Crippen LogP contribution in [0.3, 0.4) is 0 Å². The molecule has 0 aliphatic carbocycles. The van der Waals surface area contributed by atoms with E-state index in [1.165, 1.54) is 19.0 Å². The minimum atomic E-state index is -1.16. The second-order valence-electron chi connectivity index (χ2n) is 9.82. The van der Waals surface area contributed by atoms with Crippen LogP contribution in [0.5, 0.6) is 0 Å². The fourth-order valence-electron chi connectivity index (χ4n) is 5.02. The lowest BCUT2D eigenvalue weighted by molar-refractivity contribution is -0.0340. The lowest BCUT2D eigenvalue weighted by Gasteiger charge is -2.16. The third kappa shape index (κ3) is 4.31. The number of ether oxygens (including phenoxy) is 2. The van der Waals surface area contributed by atoms with Crippen molar-refractivity contribution in [1.82, 2.24) is 44.4 Å². The van der Waals surface area contributed by atoms with E-state index >= 15 is 0 Å². The van der Waals surface area contributed by atoms with Crippen molar-refractivity contribution in [2.24, 2.45) is 5.92 Å². The van der Waals surface area contributed by atoms with E-state index in [1.807, 2.05) is 4.57 Å². The molecule has 0 aromatic carbocycles. The first-order chi connectivity index (χ1) is 18.4. The average Bonchev–Trinajstić information content (AvgIpc) is 3.67. The summed E-state index contributed by atoms with van der Waals surface area (Å²) in [5.41, 5.74) is 8.09. The number of imidazole rings is 2. The summed E-state index contributed by atoms with van der Waals surface area (Å²) in [6, 6.07) is 0. The number of rotatable bonds is 8. The van der Waals surface area contributed by atoms with Crippen molar-refractivity contribution in [3.63, 3.8) is 0 Å². The number of nitrogens with two attached hydrogens (primary N) is 1. The molecule has 15 heteroatoms. The van der Waals surface area contributed by atoms with Crippen LogP contribution in [0.2, 0.25) is 0 Å². The van der Waals surface area contributed by atoms with Gasteiger partial charge in [-0.3, -0.25) is 9.13 Å². The van der Waals surface area contributed by atoms with Gasteiger partial charge in [-0.1, -0.05) is 6.92 Å². The Balaban J connectivity index is 1.04. The molecule has 0 saturated carbocycles. The molecule has 38 heavy (non-hydrogen) atoms. The van der Waals surface area contributed by atoms with Gasteiger partial charge in [0.25, 0.3) is 0 Å². The van der Waals surface area contributed by atoms with Gasteiger partial charge in [-0.2, -0.15) is 0 Å². The fourth-order valence-corrected chi connectivity index (χ4v) is 5.02. The Morgan fingerprint density at radius 1 is 0.921 bits per heavy atom. The van der Waals surface area contributed by atoms with Crippen molar-refractivity contribution < 1.29 is 19.7 Å². The van der Waals surface area contributed by atoms with Crippen LogP contribution in [0.1, 0.15) is 32.7 Å². The molecule has 7 atom stereocenters. The maximum Gasteiger partial charge on any atom is 0.167 e. The van der Waals surface area contributed by atoms with Crippen molar-refractivity contribution in [3.8, 4) is 0 Å². The number of fused-ring (bicyclic) bond motifs is 2. The molecule has 202 valence electrons. The fraction of sp³-hybridized carbons (Fsp3) is 0.565. The number of aliphatic hydroxyl groups is 2. The summed E-state index contributed by atoms with van der Waals surface area (Å²) in [7, 11) is 0. The van der Waals surface area contributed by atoms with E-state index in [4.69, 9.17) is 15.2 Å². The maximum absolute atomic E-state index is 10.6. The Hall–Kier alpha value is -3.50. The van der Waals surface area contributed by atoms with Gasteiger partial charge in [0, 0.05) is 19.6 Å². The third-order valence-corrected chi connectivity index (χ3v) is 7.35. The van der Waals surface area contributed by atoms with Crippen LogP contribution in [0, 0.1) is 5.92 Å². The lowest BCUT2D eigenvalue weighted by atomic mass is 10.1. The van der Waals surface area contributed by atoms with Crippen molar-refractivity contribution in [2.75, 3.05) is 30.7 Å². The van der Waals surface area contributed by atoms with Gasteiger partial charge in [0.2, 0.25) is 0 Å². The quantitative estimate of drug-likeness (QED) is 0.190. The Kier molecular flexibility index (Phi) is 6.53. The van der Waals surface area contributed by atoms with Gasteiger partial charge in [-0.25, -0.2) is 29.9 Å². The Bertz CT molecular complexity index is 1420. The van der Waals surface area contributed by atoms with E-state index in [-0.39, 0.29) is 18.1 Å². The van der Waals surface area contributed by atoms with Gasteiger partial charge in [0.1, 0.15) is 42.7 Å². The second-order valence-corrected chi connectivity index (χ2v) is 9.82. The molecular formula is C23H31N11O4. The molecule has 0 bridgehead atoms. The summed E-state index contributed by atoms with van der Waals surface area (Å²) in [6.07, 6.45) is 3.33. The van der Waals surface area contributed by atoms with Crippen LogP contribution < -0.4 is 16.4 Å². The number of hydrogen-bond donors (Lipinski definition) is 5. The normalized spacial score (nSPS) is 29.5. The Labute approximate surface area is 217 Å². The van der Waals surface area contributed by atoms with E-state index in [9.17, 15) is 10.2 Å². The summed E-state index contributed by atoms with van der Waals surface area (Å²) in [6.45, 7) is 5.69. The number of nitrogens with zero attached hydrogens (tertiary/aromatic N) is 8. The molecular weight excluding hydrogens is 494 g/mol. The monoisotopic (exact) mass is 525 g/mol. The van der Waals surface area contributed by atoms with Gasteiger partial charge in [0.05, 0.1) is 18.8 Å². The summed E-state index contributed by atoms with van der Waals surface area (Å²) in [4.78, 5) is 25.6. The van der Waals surface area contributed by atoms with Crippen LogP contribution in [0.15, 0.2) is 25.3 Å². The Morgan fingerprint density at radius 2 is 1.66 bits per heavy atom. The molecule has 2 aliphatic heterocycles. The van der Waals surface area contributed by atoms with Crippen molar-refractivity contribution in [2.45, 2.75) is 57.1 Å². The lowest BCUT2D eigenvalue weighted by Crippen LogP contribution is -2.39. The average molecular weight is 526 g/mol. The van der Waals surface area contributed by atoms with Crippen molar-refractivity contribution in [3.05, 3.63) is 25.3 Å². The highest BCUT2D eigenvalue weighted by Crippen LogP contribution is 2.35. The number of aromatic nitrogens is 8. The van der Waals surface area contributed by atoms with Crippen LogP contribution in [0.4, 0.5) is 11.6 Å². The molecule has 2 saturated heterocycles. The summed E-state index contributed by atoms with van der Waals surface area (Å²) >= 11 is 0. The largest absolute Gasteiger partial charge is 0.387 e. The number of aliphatic hydroxyl groups excluding tert-OH is 2. The van der Waals surface area contributed by atoms with Crippen LogP contribution in [-0.2, 0) is 9.47 Å². The van der Waals surface area contributed by atoms with Crippen LogP contribution in [0.25, 0.3) is 22.3 Å². The number of hydrogen-bond acceptors (Lipinski definition) is 13. The molecule has 6 heterocycles. The van der Waals surface area contributed by atoms with Crippen molar-refractivity contribution in [1.29, 1.82) is 0 Å². The van der Waals surface area contributed by atoms with E-state index in [0.29, 0.717) is 48.1 Å². The van der Waals surface area contributed by atoms with Crippen molar-refractivity contribution >= 4 is 34.0 Å². The predicted octanol–water partition coefficient (Wildman–Crippen LogP) is -0.187. The third-order valence-electron chi connectivity index (χ3n) is 7.35. The highest BCUT2D eigenvalue weighted by molar-refractivity contribution is 5.82. The molecule has 2 fully saturated rings. The van der Waals surface area contributed by atoms with Gasteiger partial charge >= 0.3 is 0 Å². The first-order valence-corrected chi connectivity index (χ1v) is 12.6. The van der Waals surface area contributed by atoms with Gasteiger partial charge in [-0.05, 0) is 19.3 Å². The molecule has 2 aliphatic rings. The minimum absolute atomic E-state index is 0.0865. The molecule has 0 spiro atoms. The van der Waals surface area contributed by atoms with Gasteiger partial charge in [0.15, 0.2) is 34.7 Å². The molecule has 6 N–H and O–H groups in total. The molecule has 2 unspecified atom stereocenters. The molecule has 4 aromatic heterocycles. The molecule has 4 aromatic rings. The maximum atomic E-state index is 10.6. The standard InChI is InChI=1S/C23H31N11O4/c1-11-5-14(37-12(11)2)33-9-32-16-20(28-8-30-22(16)33)26-4-3-25-6-13-17(35)18(36)23(38-13)34-10-31-15-19(24)27-7-29-21(15)34/h7-14,17-18,23,25,35-36H,3-6H2,1-2H3,(H2,24,27,29)(H,26,28,30)/t11-,12+,13+,14?,17-,18?,23+/m0/s1. The summed E-state index contributed by atoms with van der Waals surface area (Å²) < 4.78 is 15.5. The zero-order valence-corrected chi connectivity index (χ0v) is 21.0. The smallest absolute Gasteiger partial charge is 0.167 e. The molecule has 15 nitrogen and oxygen atoms in total.